The number of tetrazole rings is 1. The highest BCUT2D eigenvalue weighted by Crippen LogP contribution is 2.21. The van der Waals surface area contributed by atoms with Gasteiger partial charge in [-0.2, -0.15) is 9.94 Å². The topological polar surface area (TPSA) is 96.8 Å². The number of nitrogens with zero attached hydrogens (tertiary/aromatic N) is 5. The van der Waals surface area contributed by atoms with Gasteiger partial charge in [0, 0.05) is 5.75 Å². The Labute approximate surface area is 161 Å². The van der Waals surface area contributed by atoms with Crippen molar-refractivity contribution in [3.63, 3.8) is 0 Å². The number of para-hydroxylation sites is 1. The van der Waals surface area contributed by atoms with Gasteiger partial charge in [-0.15, -0.1) is 5.10 Å². The van der Waals surface area contributed by atoms with Gasteiger partial charge in [0.25, 0.3) is 0 Å². The van der Waals surface area contributed by atoms with Crippen molar-refractivity contribution in [3.8, 4) is 17.5 Å². The number of ether oxygens (including phenoxy) is 1. The maximum absolute atomic E-state index is 10.2. The number of aryl methyl sites for hydroxylation is 1. The van der Waals surface area contributed by atoms with Gasteiger partial charge < -0.3 is 9.84 Å². The van der Waals surface area contributed by atoms with Crippen LogP contribution in [-0.4, -0.2) is 43.8 Å². The largest absolute Gasteiger partial charge is 0.491 e. The molecular weight excluding hydrogens is 362 g/mol. The van der Waals surface area contributed by atoms with E-state index >= 15 is 0 Å². The molecule has 1 heterocycles. The Bertz CT molecular complexity index is 920. The fourth-order valence-electron chi connectivity index (χ4n) is 2.43. The van der Waals surface area contributed by atoms with E-state index in [9.17, 15) is 5.11 Å². The summed E-state index contributed by atoms with van der Waals surface area (Å²) in [7, 11) is 0. The van der Waals surface area contributed by atoms with Crippen molar-refractivity contribution in [2.75, 3.05) is 12.4 Å². The van der Waals surface area contributed by atoms with Gasteiger partial charge in [0.1, 0.15) is 12.4 Å². The second-order valence-corrected chi connectivity index (χ2v) is 6.90. The molecule has 1 atom stereocenters. The lowest BCUT2D eigenvalue weighted by Crippen LogP contribution is -2.20. The second kappa shape index (κ2) is 9.16. The Kier molecular flexibility index (Phi) is 6.41. The maximum atomic E-state index is 10.2. The average molecular weight is 381 g/mol. The van der Waals surface area contributed by atoms with Gasteiger partial charge in [-0.25, -0.2) is 0 Å². The Morgan fingerprint density at radius 2 is 2.00 bits per heavy atom. The van der Waals surface area contributed by atoms with Gasteiger partial charge in [0.2, 0.25) is 5.16 Å². The summed E-state index contributed by atoms with van der Waals surface area (Å²) < 4.78 is 7.27. The van der Waals surface area contributed by atoms with Crippen LogP contribution in [-0.2, 0) is 6.42 Å². The third-order valence-corrected chi connectivity index (χ3v) is 4.90. The molecule has 0 saturated heterocycles. The normalized spacial score (nSPS) is 11.7. The summed E-state index contributed by atoms with van der Waals surface area (Å²) >= 11 is 1.37. The lowest BCUT2D eigenvalue weighted by Gasteiger charge is -2.12. The summed E-state index contributed by atoms with van der Waals surface area (Å²) in [5.74, 6) is 1.06. The number of benzene rings is 2. The number of nitriles is 1. The van der Waals surface area contributed by atoms with Crippen LogP contribution in [0.15, 0.2) is 53.7 Å². The molecule has 2 aromatic carbocycles. The van der Waals surface area contributed by atoms with Crippen LogP contribution in [0.5, 0.6) is 5.75 Å². The number of rotatable bonds is 8. The van der Waals surface area contributed by atoms with Crippen molar-refractivity contribution < 1.29 is 9.84 Å². The zero-order valence-corrected chi connectivity index (χ0v) is 15.6. The predicted molar refractivity (Wildman–Crippen MR) is 102 cm³/mol. The quantitative estimate of drug-likeness (QED) is 0.599. The highest BCUT2D eigenvalue weighted by atomic mass is 32.2. The van der Waals surface area contributed by atoms with Gasteiger partial charge in [-0.1, -0.05) is 42.1 Å². The molecule has 3 rings (SSSR count). The molecule has 7 nitrogen and oxygen atoms in total. The molecule has 27 heavy (non-hydrogen) atoms. The summed E-state index contributed by atoms with van der Waals surface area (Å²) in [5.41, 5.74) is 2.91. The Morgan fingerprint density at radius 1 is 1.22 bits per heavy atom. The van der Waals surface area contributed by atoms with Gasteiger partial charge >= 0.3 is 0 Å². The fraction of sp³-hybridized carbons (Fsp3) is 0.263. The van der Waals surface area contributed by atoms with Crippen molar-refractivity contribution in [3.05, 3.63) is 59.7 Å². The number of hydrogen-bond donors (Lipinski definition) is 1. The van der Waals surface area contributed by atoms with Gasteiger partial charge in [-0.3, -0.25) is 0 Å². The summed E-state index contributed by atoms with van der Waals surface area (Å²) in [5, 5.41) is 31.3. The van der Waals surface area contributed by atoms with Crippen molar-refractivity contribution in [1.29, 1.82) is 5.26 Å². The van der Waals surface area contributed by atoms with Crippen LogP contribution in [0, 0.1) is 18.3 Å². The molecule has 0 saturated carbocycles. The van der Waals surface area contributed by atoms with Crippen LogP contribution >= 0.6 is 11.8 Å². The molecule has 0 bridgehead atoms. The van der Waals surface area contributed by atoms with E-state index in [0.29, 0.717) is 23.1 Å². The molecule has 8 heteroatoms. The lowest BCUT2D eigenvalue weighted by molar-refractivity contribution is 0.126. The van der Waals surface area contributed by atoms with Crippen LogP contribution < -0.4 is 4.74 Å². The Morgan fingerprint density at radius 3 is 2.74 bits per heavy atom. The zero-order valence-electron chi connectivity index (χ0n) is 14.8. The first-order chi connectivity index (χ1) is 13.2. The minimum Gasteiger partial charge on any atom is -0.491 e. The van der Waals surface area contributed by atoms with Crippen LogP contribution in [0.25, 0.3) is 5.69 Å². The summed E-state index contributed by atoms with van der Waals surface area (Å²) in [6.45, 7) is 2.16. The first-order valence-corrected chi connectivity index (χ1v) is 9.40. The minimum absolute atomic E-state index is 0.163. The molecule has 0 aliphatic heterocycles. The van der Waals surface area contributed by atoms with Gasteiger partial charge in [0.05, 0.1) is 24.3 Å². The molecule has 0 spiro atoms. The van der Waals surface area contributed by atoms with E-state index in [2.05, 4.69) is 21.6 Å². The second-order valence-electron chi connectivity index (χ2n) is 5.91. The SMILES string of the molecule is Cc1ccccc1-n1nnnc1SC[C@@H](O)COc1ccc(CC#N)cc1. The molecule has 138 valence electrons. The molecule has 0 fully saturated rings. The monoisotopic (exact) mass is 381 g/mol. The van der Waals surface area contributed by atoms with Crippen molar-refractivity contribution >= 4 is 11.8 Å². The number of hydrogen-bond acceptors (Lipinski definition) is 7. The van der Waals surface area contributed by atoms with Crippen LogP contribution in [0.1, 0.15) is 11.1 Å². The molecule has 1 aromatic heterocycles. The molecule has 0 unspecified atom stereocenters. The molecular formula is C19H19N5O2S. The number of aliphatic hydroxyl groups excluding tert-OH is 1. The summed E-state index contributed by atoms with van der Waals surface area (Å²) in [4.78, 5) is 0. The highest BCUT2D eigenvalue weighted by Gasteiger charge is 2.14. The summed E-state index contributed by atoms with van der Waals surface area (Å²) in [6.07, 6.45) is -0.300. The first kappa shape index (κ1) is 18.9. The molecule has 0 amide bonds. The summed E-state index contributed by atoms with van der Waals surface area (Å²) in [6, 6.07) is 17.2. The van der Waals surface area contributed by atoms with Crippen molar-refractivity contribution in [2.24, 2.45) is 0 Å². The maximum Gasteiger partial charge on any atom is 0.214 e. The third-order valence-electron chi connectivity index (χ3n) is 3.84. The molecule has 0 radical (unpaired) electrons. The Balaban J connectivity index is 1.53. The Hall–Kier alpha value is -2.89. The zero-order chi connectivity index (χ0) is 19.1. The highest BCUT2D eigenvalue weighted by molar-refractivity contribution is 7.99. The number of thioether (sulfide) groups is 1. The van der Waals surface area contributed by atoms with Gasteiger partial charge in [0.15, 0.2) is 0 Å². The van der Waals surface area contributed by atoms with Crippen LogP contribution in [0.2, 0.25) is 0 Å². The first-order valence-electron chi connectivity index (χ1n) is 8.41. The van der Waals surface area contributed by atoms with E-state index in [1.165, 1.54) is 11.8 Å². The lowest BCUT2D eigenvalue weighted by atomic mass is 10.2. The molecule has 1 N–H and O–H groups in total. The average Bonchev–Trinajstić information content (AvgIpc) is 3.15. The van der Waals surface area contributed by atoms with Crippen LogP contribution in [0.4, 0.5) is 0 Å². The standard InChI is InChI=1S/C19H19N5O2S/c1-14-4-2-3-5-18(14)24-19(21-22-23-24)27-13-16(25)12-26-17-8-6-15(7-9-17)10-11-20/h2-9,16,25H,10,12-13H2,1H3/t16-/m0/s1. The number of aliphatic hydroxyl groups is 1. The fourth-order valence-corrected chi connectivity index (χ4v) is 3.22. The van der Waals surface area contributed by atoms with E-state index in [1.54, 1.807) is 16.8 Å². The van der Waals surface area contributed by atoms with E-state index in [4.69, 9.17) is 10.00 Å². The van der Waals surface area contributed by atoms with Crippen molar-refractivity contribution in [1.82, 2.24) is 20.2 Å². The van der Waals surface area contributed by atoms with Crippen LogP contribution in [0.3, 0.4) is 0 Å². The molecule has 0 aliphatic rings. The molecule has 3 aromatic rings. The minimum atomic E-state index is -0.671. The van der Waals surface area contributed by atoms with E-state index in [1.807, 2.05) is 43.3 Å². The third kappa shape index (κ3) is 5.06. The van der Waals surface area contributed by atoms with Gasteiger partial charge in [-0.05, 0) is 46.7 Å². The molecule has 0 aliphatic carbocycles. The van der Waals surface area contributed by atoms with E-state index < -0.39 is 6.10 Å². The van der Waals surface area contributed by atoms with E-state index in [-0.39, 0.29) is 6.61 Å². The number of aromatic nitrogens is 4. The smallest absolute Gasteiger partial charge is 0.214 e. The predicted octanol–water partition coefficient (Wildman–Crippen LogP) is 2.57. The van der Waals surface area contributed by atoms with E-state index in [0.717, 1.165) is 16.8 Å². The van der Waals surface area contributed by atoms with Crippen molar-refractivity contribution in [2.45, 2.75) is 24.6 Å².